The minimum atomic E-state index is 0.0439. The first-order valence-electron chi connectivity index (χ1n) is 6.39. The SMILES string of the molecule is CCC(CC)N(CCN)CC(=O)NCCOC. The van der Waals surface area contributed by atoms with Crippen molar-refractivity contribution in [2.75, 3.05) is 39.9 Å². The summed E-state index contributed by atoms with van der Waals surface area (Å²) < 4.78 is 4.89. The van der Waals surface area contributed by atoms with Crippen molar-refractivity contribution in [2.24, 2.45) is 5.73 Å². The molecule has 0 heterocycles. The van der Waals surface area contributed by atoms with Gasteiger partial charge in [-0.25, -0.2) is 0 Å². The third-order valence-corrected chi connectivity index (χ3v) is 2.85. The molecule has 1 amide bonds. The fourth-order valence-corrected chi connectivity index (χ4v) is 1.89. The molecule has 5 nitrogen and oxygen atoms in total. The van der Waals surface area contributed by atoms with Crippen LogP contribution < -0.4 is 11.1 Å². The number of methoxy groups -OCH3 is 1. The van der Waals surface area contributed by atoms with Gasteiger partial charge in [-0.3, -0.25) is 9.69 Å². The van der Waals surface area contributed by atoms with Crippen LogP contribution in [-0.2, 0) is 9.53 Å². The first-order valence-corrected chi connectivity index (χ1v) is 6.39. The lowest BCUT2D eigenvalue weighted by molar-refractivity contribution is -0.123. The quantitative estimate of drug-likeness (QED) is 0.540. The van der Waals surface area contributed by atoms with Gasteiger partial charge in [-0.2, -0.15) is 0 Å². The van der Waals surface area contributed by atoms with Crippen molar-refractivity contribution in [1.82, 2.24) is 10.2 Å². The van der Waals surface area contributed by atoms with E-state index >= 15 is 0 Å². The van der Waals surface area contributed by atoms with Gasteiger partial charge in [-0.05, 0) is 12.8 Å². The van der Waals surface area contributed by atoms with Crippen LogP contribution in [0.2, 0.25) is 0 Å². The summed E-state index contributed by atoms with van der Waals surface area (Å²) in [6.07, 6.45) is 2.09. The predicted octanol–water partition coefficient (Wildman–Crippen LogP) is 0.198. The lowest BCUT2D eigenvalue weighted by Gasteiger charge is -2.29. The summed E-state index contributed by atoms with van der Waals surface area (Å²) in [6, 6.07) is 0.437. The highest BCUT2D eigenvalue weighted by Gasteiger charge is 2.17. The third-order valence-electron chi connectivity index (χ3n) is 2.85. The summed E-state index contributed by atoms with van der Waals surface area (Å²) >= 11 is 0. The number of carbonyl (C=O) groups is 1. The van der Waals surface area contributed by atoms with E-state index in [0.29, 0.717) is 32.3 Å². The molecule has 0 spiro atoms. The van der Waals surface area contributed by atoms with Gasteiger partial charge in [0, 0.05) is 32.8 Å². The monoisotopic (exact) mass is 245 g/mol. The number of hydrogen-bond donors (Lipinski definition) is 2. The topological polar surface area (TPSA) is 67.6 Å². The summed E-state index contributed by atoms with van der Waals surface area (Å²) in [5.74, 6) is 0.0439. The molecule has 0 bridgehead atoms. The fraction of sp³-hybridized carbons (Fsp3) is 0.917. The summed E-state index contributed by atoms with van der Waals surface area (Å²) in [5.41, 5.74) is 5.58. The van der Waals surface area contributed by atoms with Gasteiger partial charge >= 0.3 is 0 Å². The van der Waals surface area contributed by atoms with Crippen molar-refractivity contribution >= 4 is 5.91 Å². The molecule has 0 aromatic rings. The van der Waals surface area contributed by atoms with Crippen LogP contribution in [0.1, 0.15) is 26.7 Å². The number of rotatable bonds is 10. The molecule has 0 aliphatic rings. The van der Waals surface area contributed by atoms with E-state index < -0.39 is 0 Å². The van der Waals surface area contributed by atoms with Crippen LogP contribution >= 0.6 is 0 Å². The molecule has 0 atom stereocenters. The van der Waals surface area contributed by atoms with Gasteiger partial charge in [0.25, 0.3) is 0 Å². The molecule has 102 valence electrons. The highest BCUT2D eigenvalue weighted by Crippen LogP contribution is 2.07. The van der Waals surface area contributed by atoms with E-state index in [1.54, 1.807) is 7.11 Å². The van der Waals surface area contributed by atoms with Crippen LogP contribution in [0.4, 0.5) is 0 Å². The average Bonchev–Trinajstić information content (AvgIpc) is 2.31. The zero-order valence-electron chi connectivity index (χ0n) is 11.4. The molecule has 0 aliphatic heterocycles. The molecule has 0 aromatic carbocycles. The predicted molar refractivity (Wildman–Crippen MR) is 69.9 cm³/mol. The van der Waals surface area contributed by atoms with E-state index in [2.05, 4.69) is 24.1 Å². The van der Waals surface area contributed by atoms with Crippen LogP contribution in [0.5, 0.6) is 0 Å². The van der Waals surface area contributed by atoms with Gasteiger partial charge in [0.2, 0.25) is 5.91 Å². The number of nitrogens with one attached hydrogen (secondary N) is 1. The van der Waals surface area contributed by atoms with Gasteiger partial charge in [0.1, 0.15) is 0 Å². The van der Waals surface area contributed by atoms with Gasteiger partial charge in [-0.15, -0.1) is 0 Å². The van der Waals surface area contributed by atoms with Crippen LogP contribution in [0.15, 0.2) is 0 Å². The van der Waals surface area contributed by atoms with Crippen LogP contribution in [0.3, 0.4) is 0 Å². The smallest absolute Gasteiger partial charge is 0.234 e. The lowest BCUT2D eigenvalue weighted by Crippen LogP contribution is -2.45. The van der Waals surface area contributed by atoms with E-state index in [9.17, 15) is 4.79 Å². The average molecular weight is 245 g/mol. The number of amides is 1. The van der Waals surface area contributed by atoms with E-state index in [-0.39, 0.29) is 5.91 Å². The van der Waals surface area contributed by atoms with Crippen LogP contribution in [0.25, 0.3) is 0 Å². The molecule has 0 saturated carbocycles. The van der Waals surface area contributed by atoms with E-state index in [4.69, 9.17) is 10.5 Å². The normalized spacial score (nSPS) is 11.2. The van der Waals surface area contributed by atoms with Crippen LogP contribution in [-0.4, -0.2) is 56.7 Å². The molecule has 3 N–H and O–H groups in total. The molecule has 17 heavy (non-hydrogen) atoms. The summed E-state index contributed by atoms with van der Waals surface area (Å²) in [5, 5.41) is 2.83. The third kappa shape index (κ3) is 7.31. The maximum atomic E-state index is 11.7. The number of nitrogens with two attached hydrogens (primary N) is 1. The number of nitrogens with zero attached hydrogens (tertiary/aromatic N) is 1. The second-order valence-electron chi connectivity index (χ2n) is 4.07. The van der Waals surface area contributed by atoms with E-state index in [0.717, 1.165) is 19.4 Å². The molecule has 0 radical (unpaired) electrons. The number of ether oxygens (including phenoxy) is 1. The molecule has 0 unspecified atom stereocenters. The first kappa shape index (κ1) is 16.4. The van der Waals surface area contributed by atoms with E-state index in [1.165, 1.54) is 0 Å². The Morgan fingerprint density at radius 3 is 2.53 bits per heavy atom. The van der Waals surface area contributed by atoms with Crippen molar-refractivity contribution in [3.05, 3.63) is 0 Å². The molecule has 0 saturated heterocycles. The Bertz CT molecular complexity index is 196. The van der Waals surface area contributed by atoms with Crippen molar-refractivity contribution in [1.29, 1.82) is 0 Å². The molecule has 0 aromatic heterocycles. The highest BCUT2D eigenvalue weighted by atomic mass is 16.5. The van der Waals surface area contributed by atoms with Crippen molar-refractivity contribution in [3.8, 4) is 0 Å². The first-order chi connectivity index (χ1) is 8.19. The van der Waals surface area contributed by atoms with Crippen LogP contribution in [0, 0.1) is 0 Å². The summed E-state index contributed by atoms with van der Waals surface area (Å²) in [7, 11) is 1.62. The maximum absolute atomic E-state index is 11.7. The van der Waals surface area contributed by atoms with Gasteiger partial charge < -0.3 is 15.8 Å². The van der Waals surface area contributed by atoms with Crippen molar-refractivity contribution in [3.63, 3.8) is 0 Å². The molecule has 0 fully saturated rings. The molecule has 5 heteroatoms. The fourth-order valence-electron chi connectivity index (χ4n) is 1.89. The zero-order valence-corrected chi connectivity index (χ0v) is 11.4. The minimum Gasteiger partial charge on any atom is -0.383 e. The van der Waals surface area contributed by atoms with Gasteiger partial charge in [0.15, 0.2) is 0 Å². The minimum absolute atomic E-state index is 0.0439. The Morgan fingerprint density at radius 2 is 2.06 bits per heavy atom. The van der Waals surface area contributed by atoms with Crippen molar-refractivity contribution < 1.29 is 9.53 Å². The number of carbonyl (C=O) groups excluding carboxylic acids is 1. The molecular formula is C12H27N3O2. The van der Waals surface area contributed by atoms with Crippen molar-refractivity contribution in [2.45, 2.75) is 32.7 Å². The highest BCUT2D eigenvalue weighted by molar-refractivity contribution is 5.78. The Hall–Kier alpha value is -0.650. The van der Waals surface area contributed by atoms with Gasteiger partial charge in [-0.1, -0.05) is 13.8 Å². The zero-order chi connectivity index (χ0) is 13.1. The number of hydrogen-bond acceptors (Lipinski definition) is 4. The molecule has 0 rings (SSSR count). The van der Waals surface area contributed by atoms with E-state index in [1.807, 2.05) is 0 Å². The summed E-state index contributed by atoms with van der Waals surface area (Å²) in [4.78, 5) is 13.8. The summed E-state index contributed by atoms with van der Waals surface area (Å²) in [6.45, 7) is 7.17. The Labute approximate surface area is 105 Å². The Kier molecular flexibility index (Phi) is 10.1. The second-order valence-corrected chi connectivity index (χ2v) is 4.07. The second kappa shape index (κ2) is 10.5. The maximum Gasteiger partial charge on any atom is 0.234 e. The lowest BCUT2D eigenvalue weighted by atomic mass is 10.1. The molecule has 0 aliphatic carbocycles. The molecular weight excluding hydrogens is 218 g/mol. The standard InChI is InChI=1S/C12H27N3O2/c1-4-11(5-2)15(8-6-13)10-12(16)14-7-9-17-3/h11H,4-10,13H2,1-3H3,(H,14,16). The van der Waals surface area contributed by atoms with Gasteiger partial charge in [0.05, 0.1) is 13.2 Å². The Balaban J connectivity index is 4.09. The Morgan fingerprint density at radius 1 is 1.41 bits per heavy atom. The largest absolute Gasteiger partial charge is 0.383 e.